The summed E-state index contributed by atoms with van der Waals surface area (Å²) in [4.78, 5) is 37.7. The van der Waals surface area contributed by atoms with Crippen LogP contribution in [0.25, 0.3) is 0 Å². The number of para-hydroxylation sites is 1. The molecule has 0 saturated carbocycles. The van der Waals surface area contributed by atoms with Crippen LogP contribution in [0.4, 0.5) is 18.9 Å². The molecule has 1 aliphatic rings. The molecule has 0 atom stereocenters. The Balaban J connectivity index is 1.95. The van der Waals surface area contributed by atoms with E-state index in [1.165, 1.54) is 36.4 Å². The summed E-state index contributed by atoms with van der Waals surface area (Å²) in [6.07, 6.45) is -5.27. The van der Waals surface area contributed by atoms with E-state index in [-0.39, 0.29) is 16.9 Å². The predicted molar refractivity (Wildman–Crippen MR) is 103 cm³/mol. The van der Waals surface area contributed by atoms with Crippen molar-refractivity contribution >= 4 is 23.2 Å². The molecule has 2 N–H and O–H groups in total. The van der Waals surface area contributed by atoms with Crippen molar-refractivity contribution in [3.63, 3.8) is 0 Å². The van der Waals surface area contributed by atoms with Gasteiger partial charge in [0.25, 0.3) is 0 Å². The topological polar surface area (TPSA) is 92.7 Å². The minimum atomic E-state index is -5.27. The van der Waals surface area contributed by atoms with Crippen molar-refractivity contribution in [3.8, 4) is 17.2 Å². The van der Waals surface area contributed by atoms with Crippen molar-refractivity contribution in [2.45, 2.75) is 6.18 Å². The van der Waals surface area contributed by atoms with Gasteiger partial charge in [-0.25, -0.2) is 0 Å². The second kappa shape index (κ2) is 7.28. The Labute approximate surface area is 172 Å². The number of aromatic hydroxyl groups is 1. The molecule has 0 fully saturated rings. The highest BCUT2D eigenvalue weighted by Gasteiger charge is 2.42. The molecule has 156 valence electrons. The first-order chi connectivity index (χ1) is 14.7. The molecular weight excluding hydrogens is 415 g/mol. The lowest BCUT2D eigenvalue weighted by atomic mass is 9.82. The lowest BCUT2D eigenvalue weighted by molar-refractivity contribution is -0.167. The first-order valence-electron chi connectivity index (χ1n) is 8.88. The van der Waals surface area contributed by atoms with E-state index >= 15 is 0 Å². The van der Waals surface area contributed by atoms with Crippen LogP contribution in [0, 0.1) is 0 Å². The monoisotopic (exact) mass is 427 g/mol. The number of ketones is 2. The number of ether oxygens (including phenoxy) is 1. The molecule has 0 bridgehead atoms. The number of alkyl halides is 3. The van der Waals surface area contributed by atoms with Crippen molar-refractivity contribution < 1.29 is 37.4 Å². The molecule has 0 saturated heterocycles. The predicted octanol–water partition coefficient (Wildman–Crippen LogP) is 4.46. The summed E-state index contributed by atoms with van der Waals surface area (Å²) in [7, 11) is 0. The molecule has 6 nitrogen and oxygen atoms in total. The van der Waals surface area contributed by atoms with Gasteiger partial charge in [-0.15, -0.1) is 0 Å². The number of anilines is 1. The number of hydrogen-bond acceptors (Lipinski definition) is 5. The maximum atomic E-state index is 13.1. The molecule has 31 heavy (non-hydrogen) atoms. The Morgan fingerprint density at radius 1 is 0.871 bits per heavy atom. The minimum Gasteiger partial charge on any atom is -0.507 e. The van der Waals surface area contributed by atoms with Gasteiger partial charge in [0, 0.05) is 17.2 Å². The van der Waals surface area contributed by atoms with Gasteiger partial charge in [-0.05, 0) is 12.1 Å². The smallest absolute Gasteiger partial charge is 0.471 e. The van der Waals surface area contributed by atoms with E-state index in [0.29, 0.717) is 0 Å². The summed E-state index contributed by atoms with van der Waals surface area (Å²) in [6.45, 7) is 0. The van der Waals surface area contributed by atoms with Crippen molar-refractivity contribution in [1.29, 1.82) is 0 Å². The number of amides is 1. The van der Waals surface area contributed by atoms with Crippen LogP contribution in [-0.4, -0.2) is 28.8 Å². The Morgan fingerprint density at radius 2 is 1.42 bits per heavy atom. The van der Waals surface area contributed by atoms with E-state index in [4.69, 9.17) is 4.74 Å². The Hall–Kier alpha value is -4.14. The number of fused-ring (bicyclic) bond motifs is 2. The minimum absolute atomic E-state index is 0.0138. The number of halogens is 3. The van der Waals surface area contributed by atoms with Gasteiger partial charge in [-0.3, -0.25) is 14.4 Å². The van der Waals surface area contributed by atoms with Crippen molar-refractivity contribution in [1.82, 2.24) is 0 Å². The van der Waals surface area contributed by atoms with Crippen LogP contribution in [0.15, 0.2) is 60.7 Å². The van der Waals surface area contributed by atoms with E-state index in [1.54, 1.807) is 23.5 Å². The van der Waals surface area contributed by atoms with Crippen molar-refractivity contribution in [2.75, 3.05) is 5.32 Å². The largest absolute Gasteiger partial charge is 0.507 e. The van der Waals surface area contributed by atoms with Crippen LogP contribution in [-0.2, 0) is 4.79 Å². The number of benzene rings is 3. The summed E-state index contributed by atoms with van der Waals surface area (Å²) in [5.41, 5.74) is -1.83. The van der Waals surface area contributed by atoms with E-state index < -0.39 is 52.0 Å². The molecule has 3 aromatic carbocycles. The first-order valence-corrected chi connectivity index (χ1v) is 8.88. The highest BCUT2D eigenvalue weighted by atomic mass is 19.4. The molecule has 0 heterocycles. The second-order valence-electron chi connectivity index (χ2n) is 6.59. The van der Waals surface area contributed by atoms with Gasteiger partial charge in [0.05, 0.1) is 16.8 Å². The SMILES string of the molecule is O=C1c2ccccc2C(=O)c2c(NC(=O)C(F)(F)F)c(Oc3ccccc3)cc(O)c21. The number of carbonyl (C=O) groups excluding carboxylic acids is 3. The van der Waals surface area contributed by atoms with Crippen LogP contribution < -0.4 is 10.1 Å². The molecule has 1 aliphatic carbocycles. The molecule has 9 heteroatoms. The molecule has 0 aromatic heterocycles. The van der Waals surface area contributed by atoms with Crippen LogP contribution in [0.5, 0.6) is 17.2 Å². The number of phenols is 1. The van der Waals surface area contributed by atoms with E-state index in [2.05, 4.69) is 0 Å². The summed E-state index contributed by atoms with van der Waals surface area (Å²) >= 11 is 0. The first kappa shape index (κ1) is 20.1. The quantitative estimate of drug-likeness (QED) is 0.471. The van der Waals surface area contributed by atoms with Crippen molar-refractivity contribution in [3.05, 3.63) is 82.9 Å². The molecule has 0 aliphatic heterocycles. The maximum absolute atomic E-state index is 13.1. The second-order valence-corrected chi connectivity index (χ2v) is 6.59. The maximum Gasteiger partial charge on any atom is 0.471 e. The zero-order chi connectivity index (χ0) is 22.3. The number of nitrogens with one attached hydrogen (secondary N) is 1. The average molecular weight is 427 g/mol. The van der Waals surface area contributed by atoms with Gasteiger partial charge in [-0.2, -0.15) is 13.2 Å². The fourth-order valence-corrected chi connectivity index (χ4v) is 3.25. The van der Waals surface area contributed by atoms with Gasteiger partial charge >= 0.3 is 12.1 Å². The molecule has 0 unspecified atom stereocenters. The van der Waals surface area contributed by atoms with Gasteiger partial charge in [-0.1, -0.05) is 42.5 Å². The molecule has 0 spiro atoms. The van der Waals surface area contributed by atoms with Crippen molar-refractivity contribution in [2.24, 2.45) is 0 Å². The van der Waals surface area contributed by atoms with Gasteiger partial charge in [0.1, 0.15) is 11.5 Å². The third kappa shape index (κ3) is 3.50. The zero-order valence-corrected chi connectivity index (χ0v) is 15.5. The standard InChI is InChI=1S/C22H12F3NO5/c23-22(24,25)21(30)26-18-15(31-11-6-2-1-3-7-11)10-14(27)16-17(18)20(29)13-9-5-4-8-12(13)19(16)28/h1-10,27H,(H,26,30). The van der Waals surface area contributed by atoms with E-state index in [0.717, 1.165) is 6.07 Å². The summed E-state index contributed by atoms with van der Waals surface area (Å²) in [5.74, 6) is -4.90. The average Bonchev–Trinajstić information content (AvgIpc) is 2.73. The highest BCUT2D eigenvalue weighted by Crippen LogP contribution is 2.44. The Kier molecular flexibility index (Phi) is 4.73. The zero-order valence-electron chi connectivity index (χ0n) is 15.5. The molecule has 3 aromatic rings. The fourth-order valence-electron chi connectivity index (χ4n) is 3.25. The Bertz CT molecular complexity index is 1240. The Morgan fingerprint density at radius 3 is 2.00 bits per heavy atom. The van der Waals surface area contributed by atoms with Gasteiger partial charge < -0.3 is 15.2 Å². The molecule has 1 amide bonds. The molecule has 4 rings (SSSR count). The van der Waals surface area contributed by atoms with Crippen LogP contribution in [0.1, 0.15) is 31.8 Å². The van der Waals surface area contributed by atoms with Gasteiger partial charge in [0.15, 0.2) is 17.3 Å². The van der Waals surface area contributed by atoms with E-state index in [9.17, 15) is 32.7 Å². The van der Waals surface area contributed by atoms with Crippen LogP contribution in [0.2, 0.25) is 0 Å². The molecular formula is C22H12F3NO5. The number of hydrogen-bond donors (Lipinski definition) is 2. The summed E-state index contributed by atoms with van der Waals surface area (Å²) in [5, 5.41) is 12.1. The number of phenolic OH excluding ortho intramolecular Hbond substituents is 1. The number of carbonyl (C=O) groups is 3. The third-order valence-corrected chi connectivity index (χ3v) is 4.61. The lowest BCUT2D eigenvalue weighted by Gasteiger charge is -2.23. The fraction of sp³-hybridized carbons (Fsp3) is 0.0455. The molecule has 0 radical (unpaired) electrons. The van der Waals surface area contributed by atoms with Crippen LogP contribution >= 0.6 is 0 Å². The number of rotatable bonds is 3. The normalized spacial score (nSPS) is 12.7. The lowest BCUT2D eigenvalue weighted by Crippen LogP contribution is -2.32. The van der Waals surface area contributed by atoms with E-state index in [1.807, 2.05) is 0 Å². The third-order valence-electron chi connectivity index (χ3n) is 4.61. The summed E-state index contributed by atoms with van der Waals surface area (Å²) in [6, 6.07) is 14.4. The summed E-state index contributed by atoms with van der Waals surface area (Å²) < 4.78 is 44.4. The van der Waals surface area contributed by atoms with Crippen LogP contribution in [0.3, 0.4) is 0 Å². The van der Waals surface area contributed by atoms with Gasteiger partial charge in [0.2, 0.25) is 0 Å². The highest BCUT2D eigenvalue weighted by molar-refractivity contribution is 6.32.